The van der Waals surface area contributed by atoms with Crippen LogP contribution in [-0.2, 0) is 9.59 Å². The highest BCUT2D eigenvalue weighted by Gasteiger charge is 2.31. The number of rotatable bonds is 20. The Morgan fingerprint density at radius 1 is 0.444 bits per heavy atom. The molecule has 0 atom stereocenters. The zero-order valence-corrected chi connectivity index (χ0v) is 49.7. The third-order valence-electron chi connectivity index (χ3n) is 15.2. The molecule has 0 bridgehead atoms. The van der Waals surface area contributed by atoms with Crippen LogP contribution in [-0.4, -0.2) is 70.5 Å². The largest absolute Gasteiger partial charge is 0.519 e. The quantitative estimate of drug-likeness (QED) is 0.0312. The summed E-state index contributed by atoms with van der Waals surface area (Å²) in [6, 6.07) is 35.8. The van der Waals surface area contributed by atoms with E-state index in [-0.39, 0.29) is 81.4 Å². The summed E-state index contributed by atoms with van der Waals surface area (Å²) in [7, 11) is 8.48. The Kier molecular flexibility index (Phi) is 17.9. The Hall–Kier alpha value is -11.6. The second-order valence-corrected chi connectivity index (χ2v) is 20.5. The highest BCUT2D eigenvalue weighted by atomic mass is 19.1. The molecule has 19 nitrogen and oxygen atoms in total. The molecule has 2 N–H and O–H groups in total. The van der Waals surface area contributed by atoms with Gasteiger partial charge in [0.1, 0.15) is 57.6 Å². The second kappa shape index (κ2) is 26.2. The Morgan fingerprint density at radius 3 is 1.17 bits per heavy atom. The number of benzene rings is 8. The molecule has 2 aliphatic carbocycles. The Bertz CT molecular complexity index is 4090. The lowest BCUT2D eigenvalue weighted by atomic mass is 9.96. The van der Waals surface area contributed by atoms with Crippen LogP contribution in [0.5, 0.6) is 46.0 Å². The average molecular weight is 1220 g/mol. The maximum absolute atomic E-state index is 14.9. The fourth-order valence-electron chi connectivity index (χ4n) is 11.0. The van der Waals surface area contributed by atoms with Crippen molar-refractivity contribution in [3.8, 4) is 68.2 Å². The van der Waals surface area contributed by atoms with Crippen molar-refractivity contribution in [2.75, 3.05) is 53.3 Å². The first-order valence-corrected chi connectivity index (χ1v) is 27.6. The molecule has 8 aromatic rings. The van der Waals surface area contributed by atoms with Crippen molar-refractivity contribution in [1.82, 2.24) is 0 Å². The zero-order valence-electron chi connectivity index (χ0n) is 49.7. The molecule has 21 heteroatoms. The van der Waals surface area contributed by atoms with Crippen LogP contribution in [0.1, 0.15) is 60.1 Å². The normalized spacial score (nSPS) is 13.1. The maximum Gasteiger partial charge on any atom is 0.519 e. The highest BCUT2D eigenvalue weighted by Crippen LogP contribution is 2.51. The number of halogens is 2. The number of nitrogens with one attached hydrogen (secondary N) is 2. The van der Waals surface area contributed by atoms with Gasteiger partial charge in [0.2, 0.25) is 11.8 Å². The monoisotopic (exact) mass is 1220 g/mol. The lowest BCUT2D eigenvalue weighted by Gasteiger charge is -2.19. The topological polar surface area (TPSA) is 235 Å². The molecule has 0 aliphatic heterocycles. The molecule has 0 aromatic heterocycles. The van der Waals surface area contributed by atoms with Gasteiger partial charge in [-0.1, -0.05) is 24.3 Å². The van der Waals surface area contributed by atoms with Crippen molar-refractivity contribution in [3.63, 3.8) is 0 Å². The summed E-state index contributed by atoms with van der Waals surface area (Å²) in [5, 5.41) is 30.5. The molecule has 2 aliphatic rings. The van der Waals surface area contributed by atoms with E-state index in [1.165, 1.54) is 79.1 Å². The van der Waals surface area contributed by atoms with Gasteiger partial charge in [0, 0.05) is 58.9 Å². The number of methoxy groups -OCH3 is 6. The van der Waals surface area contributed by atoms with Gasteiger partial charge >= 0.3 is 6.16 Å². The first kappa shape index (κ1) is 61.5. The predicted molar refractivity (Wildman–Crippen MR) is 336 cm³/mol. The molecule has 0 saturated heterocycles. The molecule has 2 amide bonds. The zero-order chi connectivity index (χ0) is 64.1. The minimum Gasteiger partial charge on any atom is -0.497 e. The third-order valence-corrected chi connectivity index (χ3v) is 15.2. The minimum absolute atomic E-state index is 0.0446. The van der Waals surface area contributed by atoms with Crippen LogP contribution in [0.2, 0.25) is 0 Å². The lowest BCUT2D eigenvalue weighted by Crippen LogP contribution is -2.15. The van der Waals surface area contributed by atoms with Crippen molar-refractivity contribution >= 4 is 75.2 Å². The molecule has 0 fully saturated rings. The number of ether oxygens (including phenoxy) is 8. The smallest absolute Gasteiger partial charge is 0.497 e. The summed E-state index contributed by atoms with van der Waals surface area (Å²) in [6.45, 7) is 3.64. The first-order chi connectivity index (χ1) is 43.3. The van der Waals surface area contributed by atoms with Gasteiger partial charge in [0.05, 0.1) is 76.5 Å². The molecular weight excluding hydrogens is 1160 g/mol. The van der Waals surface area contributed by atoms with Crippen LogP contribution in [0, 0.1) is 31.9 Å². The first-order valence-electron chi connectivity index (χ1n) is 27.6. The lowest BCUT2D eigenvalue weighted by molar-refractivity contribution is -0.385. The maximum atomic E-state index is 14.9. The number of nitro groups is 2. The van der Waals surface area contributed by atoms with Crippen molar-refractivity contribution in [3.05, 3.63) is 222 Å². The van der Waals surface area contributed by atoms with Crippen LogP contribution in [0.25, 0.3) is 56.7 Å². The van der Waals surface area contributed by atoms with E-state index in [0.29, 0.717) is 89.7 Å². The standard InChI is InChI=1S/C69H56F2N4O15/c1-37-51(49-19-15-41(70)29-55(49)53(37)35-65(76)72-43-11-9-13-47(31-43)83-3)23-39-25-61(85-5)67(62(26-39)86-6)57-33-45(74(79)80)17-21-59(57)89-69(78)90-60-22-18-46(75(81)82)34-58(60)68-63(87-7)27-40(28-64(68)88-8)24-52-38(2)54(56-30-42(71)16-20-50(52)56)36-66(77)73-44-12-10-14-48(32-44)84-4/h9-34H,35-36H2,1-8H3,(H,72,76)(H,73,77)/b51-23+,52-24+. The van der Waals surface area contributed by atoms with Gasteiger partial charge in [-0.15, -0.1) is 0 Å². The van der Waals surface area contributed by atoms with E-state index in [1.807, 2.05) is 13.8 Å². The molecule has 0 unspecified atom stereocenters. The van der Waals surface area contributed by atoms with Crippen LogP contribution < -0.4 is 48.5 Å². The molecule has 0 saturated carbocycles. The van der Waals surface area contributed by atoms with Gasteiger partial charge < -0.3 is 48.5 Å². The van der Waals surface area contributed by atoms with Crippen molar-refractivity contribution in [2.24, 2.45) is 0 Å². The summed E-state index contributed by atoms with van der Waals surface area (Å²) < 4.78 is 75.9. The summed E-state index contributed by atoms with van der Waals surface area (Å²) >= 11 is 0. The van der Waals surface area contributed by atoms with E-state index in [0.717, 1.165) is 24.3 Å². The molecule has 8 aromatic carbocycles. The van der Waals surface area contributed by atoms with E-state index in [1.54, 1.807) is 97.1 Å². The van der Waals surface area contributed by atoms with E-state index in [2.05, 4.69) is 10.6 Å². The van der Waals surface area contributed by atoms with Gasteiger partial charge in [-0.2, -0.15) is 0 Å². The number of nitrogens with zero attached hydrogens (tertiary/aromatic N) is 2. The number of non-ortho nitro benzene ring substituents is 2. The van der Waals surface area contributed by atoms with Crippen LogP contribution in [0.15, 0.2) is 157 Å². The number of nitro benzene ring substituents is 2. The number of hydrogen-bond acceptors (Lipinski definition) is 15. The SMILES string of the molecule is COc1cccc(NC(=O)CC2=C(C)/C(=C\c3cc(OC)c(-c4cc([N+](=O)[O-])ccc4OC(=O)Oc4ccc([N+](=O)[O-])cc4-c4c(OC)cc(/C=C5\C(C)=C(CC(=O)Nc6cccc(OC)c6)c6cc(F)ccc65)cc4OC)c(OC)c3)c3ccc(F)cc32)c1. The van der Waals surface area contributed by atoms with Gasteiger partial charge in [0.25, 0.3) is 11.4 Å². The fourth-order valence-corrected chi connectivity index (χ4v) is 11.0. The second-order valence-electron chi connectivity index (χ2n) is 20.5. The number of amides is 2. The van der Waals surface area contributed by atoms with Crippen LogP contribution in [0.3, 0.4) is 0 Å². The minimum atomic E-state index is -1.38. The van der Waals surface area contributed by atoms with Gasteiger partial charge in [0.15, 0.2) is 0 Å². The van der Waals surface area contributed by atoms with Crippen molar-refractivity contribution in [1.29, 1.82) is 0 Å². The number of anilines is 2. The Balaban J connectivity index is 0.974. The van der Waals surface area contributed by atoms with Crippen LogP contribution >= 0.6 is 0 Å². The number of carbonyl (C=O) groups is 3. The predicted octanol–water partition coefficient (Wildman–Crippen LogP) is 15.5. The van der Waals surface area contributed by atoms with Gasteiger partial charge in [-0.3, -0.25) is 29.8 Å². The summed E-state index contributed by atoms with van der Waals surface area (Å²) in [5.74, 6) is -0.681. The van der Waals surface area contributed by atoms with Crippen molar-refractivity contribution < 1.29 is 70.9 Å². The Morgan fingerprint density at radius 2 is 0.822 bits per heavy atom. The van der Waals surface area contributed by atoms with Crippen molar-refractivity contribution in [2.45, 2.75) is 26.7 Å². The molecule has 0 radical (unpaired) electrons. The molecular formula is C69H56F2N4O15. The number of fused-ring (bicyclic) bond motifs is 2. The number of carbonyl (C=O) groups excluding carboxylic acids is 3. The highest BCUT2D eigenvalue weighted by molar-refractivity contribution is 6.11. The van der Waals surface area contributed by atoms with E-state index >= 15 is 0 Å². The van der Waals surface area contributed by atoms with E-state index in [4.69, 9.17) is 37.9 Å². The summed E-state index contributed by atoms with van der Waals surface area (Å²) in [5.41, 5.74) is 7.56. The Labute approximate surface area is 514 Å². The third kappa shape index (κ3) is 12.8. The van der Waals surface area contributed by atoms with E-state index < -0.39 is 39.0 Å². The van der Waals surface area contributed by atoms with E-state index in [9.17, 15) is 43.4 Å². The molecule has 10 rings (SSSR count). The number of hydrogen-bond donors (Lipinski definition) is 2. The summed E-state index contributed by atoms with van der Waals surface area (Å²) in [4.78, 5) is 64.7. The summed E-state index contributed by atoms with van der Waals surface area (Å²) in [6.07, 6.45) is 2.03. The molecule has 456 valence electrons. The molecule has 90 heavy (non-hydrogen) atoms. The number of allylic oxidation sites excluding steroid dienone is 4. The van der Waals surface area contributed by atoms with Crippen LogP contribution in [0.4, 0.5) is 36.3 Å². The van der Waals surface area contributed by atoms with Gasteiger partial charge in [-0.25, -0.2) is 13.6 Å². The van der Waals surface area contributed by atoms with Gasteiger partial charge in [-0.05, 0) is 178 Å². The fraction of sp³-hybridized carbons (Fsp3) is 0.145. The average Bonchev–Trinajstić information content (AvgIpc) is 1.59. The molecule has 0 spiro atoms. The molecule has 0 heterocycles.